The summed E-state index contributed by atoms with van der Waals surface area (Å²) in [4.78, 5) is 14.0. The minimum atomic E-state index is 0.0201. The van der Waals surface area contributed by atoms with Crippen molar-refractivity contribution in [2.75, 3.05) is 25.2 Å². The maximum atomic E-state index is 12.2. The first-order valence-electron chi connectivity index (χ1n) is 6.18. The number of hydrogen-bond donors (Lipinski definition) is 0. The van der Waals surface area contributed by atoms with Gasteiger partial charge >= 0.3 is 0 Å². The largest absolute Gasteiger partial charge is 0.487 e. The molecule has 1 aliphatic heterocycles. The van der Waals surface area contributed by atoms with Gasteiger partial charge < -0.3 is 14.4 Å². The van der Waals surface area contributed by atoms with Crippen LogP contribution < -0.4 is 9.64 Å². The van der Waals surface area contributed by atoms with Crippen molar-refractivity contribution in [1.82, 2.24) is 0 Å². The maximum Gasteiger partial charge on any atom is 0.229 e. The van der Waals surface area contributed by atoms with Crippen molar-refractivity contribution >= 4 is 11.6 Å². The number of anilines is 1. The topological polar surface area (TPSA) is 38.8 Å². The van der Waals surface area contributed by atoms with Gasteiger partial charge in [0, 0.05) is 7.11 Å². The molecule has 1 aromatic rings. The molecule has 1 aliphatic rings. The molecule has 0 radical (unpaired) electrons. The molecule has 0 spiro atoms. The highest BCUT2D eigenvalue weighted by Crippen LogP contribution is 2.34. The first kappa shape index (κ1) is 12.9. The maximum absolute atomic E-state index is 12.2. The summed E-state index contributed by atoms with van der Waals surface area (Å²) < 4.78 is 10.7. The normalized spacial score (nSPS) is 18.2. The van der Waals surface area contributed by atoms with Crippen molar-refractivity contribution in [2.24, 2.45) is 0 Å². The van der Waals surface area contributed by atoms with Crippen LogP contribution in [0.15, 0.2) is 18.2 Å². The smallest absolute Gasteiger partial charge is 0.229 e. The molecular formula is C14H19NO3. The van der Waals surface area contributed by atoms with Gasteiger partial charge in [0.1, 0.15) is 11.9 Å². The Morgan fingerprint density at radius 1 is 1.56 bits per heavy atom. The van der Waals surface area contributed by atoms with Gasteiger partial charge in [-0.05, 0) is 31.5 Å². The Morgan fingerprint density at radius 3 is 3.06 bits per heavy atom. The fourth-order valence-corrected chi connectivity index (χ4v) is 2.11. The second-order valence-electron chi connectivity index (χ2n) is 4.65. The quantitative estimate of drug-likeness (QED) is 0.824. The van der Waals surface area contributed by atoms with Crippen molar-refractivity contribution in [2.45, 2.75) is 26.4 Å². The first-order chi connectivity index (χ1) is 8.61. The van der Waals surface area contributed by atoms with E-state index in [4.69, 9.17) is 9.47 Å². The molecular weight excluding hydrogens is 230 g/mol. The average Bonchev–Trinajstić information content (AvgIpc) is 2.35. The van der Waals surface area contributed by atoms with E-state index in [0.717, 1.165) is 17.0 Å². The molecule has 0 saturated heterocycles. The Labute approximate surface area is 107 Å². The molecule has 4 nitrogen and oxygen atoms in total. The predicted octanol–water partition coefficient (Wildman–Crippen LogP) is 2.15. The molecule has 0 N–H and O–H groups in total. The van der Waals surface area contributed by atoms with E-state index in [1.54, 1.807) is 12.0 Å². The summed E-state index contributed by atoms with van der Waals surface area (Å²) in [5, 5.41) is 0. The fraction of sp³-hybridized carbons (Fsp3) is 0.500. The summed E-state index contributed by atoms with van der Waals surface area (Å²) in [7, 11) is 1.60. The highest BCUT2D eigenvalue weighted by Gasteiger charge is 2.27. The zero-order valence-electron chi connectivity index (χ0n) is 11.1. The molecule has 1 amide bonds. The number of amides is 1. The molecule has 1 aromatic carbocycles. The lowest BCUT2D eigenvalue weighted by Crippen LogP contribution is -2.42. The number of fused-ring (bicyclic) bond motifs is 1. The van der Waals surface area contributed by atoms with E-state index in [1.165, 1.54) is 0 Å². The summed E-state index contributed by atoms with van der Waals surface area (Å²) in [5.41, 5.74) is 1.99. The number of ether oxygens (including phenoxy) is 2. The molecule has 0 aromatic heterocycles. The van der Waals surface area contributed by atoms with Gasteiger partial charge in [-0.2, -0.15) is 0 Å². The van der Waals surface area contributed by atoms with Crippen LogP contribution in [0.5, 0.6) is 5.75 Å². The summed E-state index contributed by atoms with van der Waals surface area (Å²) in [6.07, 6.45) is 0.420. The Bertz CT molecular complexity index is 445. The van der Waals surface area contributed by atoms with Crippen LogP contribution in [0.3, 0.4) is 0 Å². The van der Waals surface area contributed by atoms with E-state index < -0.39 is 0 Å². The second-order valence-corrected chi connectivity index (χ2v) is 4.65. The van der Waals surface area contributed by atoms with Gasteiger partial charge in [0.15, 0.2) is 0 Å². The molecule has 0 fully saturated rings. The summed E-state index contributed by atoms with van der Waals surface area (Å²) >= 11 is 0. The molecule has 0 saturated carbocycles. The molecule has 0 unspecified atom stereocenters. The SMILES string of the molecule is COCCC(=O)N1C[C@@H](C)Oc2ccc(C)cc21. The predicted molar refractivity (Wildman–Crippen MR) is 70.1 cm³/mol. The highest BCUT2D eigenvalue weighted by atomic mass is 16.5. The van der Waals surface area contributed by atoms with E-state index >= 15 is 0 Å². The summed E-state index contributed by atoms with van der Waals surface area (Å²) in [5.74, 6) is 0.865. The summed E-state index contributed by atoms with van der Waals surface area (Å²) in [6.45, 7) is 5.03. The minimum absolute atomic E-state index is 0.0201. The third-order valence-electron chi connectivity index (χ3n) is 2.99. The van der Waals surface area contributed by atoms with Crippen LogP contribution >= 0.6 is 0 Å². The van der Waals surface area contributed by atoms with Crippen molar-refractivity contribution in [1.29, 1.82) is 0 Å². The highest BCUT2D eigenvalue weighted by molar-refractivity contribution is 5.95. The lowest BCUT2D eigenvalue weighted by atomic mass is 10.1. The Kier molecular flexibility index (Phi) is 3.87. The number of benzene rings is 1. The number of carbonyl (C=O) groups excluding carboxylic acids is 1. The van der Waals surface area contributed by atoms with Crippen molar-refractivity contribution in [3.05, 3.63) is 23.8 Å². The molecule has 0 bridgehead atoms. The molecule has 2 rings (SSSR count). The number of hydrogen-bond acceptors (Lipinski definition) is 3. The number of nitrogens with zero attached hydrogens (tertiary/aromatic N) is 1. The van der Waals surface area contributed by atoms with Crippen LogP contribution in [-0.2, 0) is 9.53 Å². The monoisotopic (exact) mass is 249 g/mol. The number of methoxy groups -OCH3 is 1. The number of carbonyl (C=O) groups is 1. The molecule has 0 aliphatic carbocycles. The van der Waals surface area contributed by atoms with E-state index in [1.807, 2.05) is 32.0 Å². The lowest BCUT2D eigenvalue weighted by molar-refractivity contribution is -0.119. The average molecular weight is 249 g/mol. The zero-order valence-corrected chi connectivity index (χ0v) is 11.1. The first-order valence-corrected chi connectivity index (χ1v) is 6.18. The minimum Gasteiger partial charge on any atom is -0.487 e. The van der Waals surface area contributed by atoms with Crippen LogP contribution in [0.1, 0.15) is 18.9 Å². The van der Waals surface area contributed by atoms with Crippen LogP contribution in [0.25, 0.3) is 0 Å². The van der Waals surface area contributed by atoms with Crippen molar-refractivity contribution < 1.29 is 14.3 Å². The van der Waals surface area contributed by atoms with Gasteiger partial charge in [0.25, 0.3) is 0 Å². The zero-order chi connectivity index (χ0) is 13.1. The van der Waals surface area contributed by atoms with E-state index in [2.05, 4.69) is 0 Å². The van der Waals surface area contributed by atoms with E-state index in [9.17, 15) is 4.79 Å². The third-order valence-corrected chi connectivity index (χ3v) is 2.99. The lowest BCUT2D eigenvalue weighted by Gasteiger charge is -2.33. The Balaban J connectivity index is 2.26. The Morgan fingerprint density at radius 2 is 2.33 bits per heavy atom. The van der Waals surface area contributed by atoms with Gasteiger partial charge in [-0.25, -0.2) is 0 Å². The fourth-order valence-electron chi connectivity index (χ4n) is 2.11. The molecule has 1 heterocycles. The van der Waals surface area contributed by atoms with E-state index in [-0.39, 0.29) is 12.0 Å². The van der Waals surface area contributed by atoms with Gasteiger partial charge in [-0.3, -0.25) is 4.79 Å². The number of aryl methyl sites for hydroxylation is 1. The van der Waals surface area contributed by atoms with Gasteiger partial charge in [-0.1, -0.05) is 6.07 Å². The molecule has 1 atom stereocenters. The van der Waals surface area contributed by atoms with Gasteiger partial charge in [-0.15, -0.1) is 0 Å². The van der Waals surface area contributed by atoms with Gasteiger partial charge in [0.2, 0.25) is 5.91 Å². The van der Waals surface area contributed by atoms with Gasteiger partial charge in [0.05, 0.1) is 25.3 Å². The standard InChI is InChI=1S/C14H19NO3/c1-10-4-5-13-12(8-10)15(9-11(2)18-13)14(16)6-7-17-3/h4-5,8,11H,6-7,9H2,1-3H3/t11-/m1/s1. The van der Waals surface area contributed by atoms with Crippen molar-refractivity contribution in [3.63, 3.8) is 0 Å². The summed E-state index contributed by atoms with van der Waals surface area (Å²) in [6, 6.07) is 5.91. The molecule has 18 heavy (non-hydrogen) atoms. The Hall–Kier alpha value is -1.55. The van der Waals surface area contributed by atoms with Crippen LogP contribution in [0.4, 0.5) is 5.69 Å². The second kappa shape index (κ2) is 5.40. The van der Waals surface area contributed by atoms with Crippen molar-refractivity contribution in [3.8, 4) is 5.75 Å². The molecule has 98 valence electrons. The third kappa shape index (κ3) is 2.64. The molecule has 4 heteroatoms. The van der Waals surface area contributed by atoms with Crippen LogP contribution in [0.2, 0.25) is 0 Å². The number of rotatable bonds is 3. The van der Waals surface area contributed by atoms with Crippen LogP contribution in [0, 0.1) is 6.92 Å². The van der Waals surface area contributed by atoms with Crippen LogP contribution in [-0.4, -0.2) is 32.3 Å². The van der Waals surface area contributed by atoms with E-state index in [0.29, 0.717) is 19.6 Å².